The van der Waals surface area contributed by atoms with Gasteiger partial charge < -0.3 is 26.9 Å². The first-order valence-electron chi connectivity index (χ1n) is 8.10. The minimum Gasteiger partial charge on any atom is -1.00 e. The molecule has 0 aromatic heterocycles. The molecule has 0 saturated heterocycles. The Bertz CT molecular complexity index is 647. The molecule has 0 radical (unpaired) electrons. The molecule has 5 heteroatoms. The van der Waals surface area contributed by atoms with Crippen LogP contribution in [0.5, 0.6) is 0 Å². The summed E-state index contributed by atoms with van der Waals surface area (Å²) in [4.78, 5) is 5.06. The summed E-state index contributed by atoms with van der Waals surface area (Å²) in [7, 11) is 4.38. The van der Waals surface area contributed by atoms with E-state index in [1.807, 2.05) is 11.8 Å². The van der Waals surface area contributed by atoms with E-state index in [0.717, 1.165) is 17.6 Å². The summed E-state index contributed by atoms with van der Waals surface area (Å²) in [6, 6.07) is 17.6. The van der Waals surface area contributed by atoms with Gasteiger partial charge in [0.25, 0.3) is 0 Å². The van der Waals surface area contributed by atoms with E-state index in [4.69, 9.17) is 0 Å². The van der Waals surface area contributed by atoms with Gasteiger partial charge in [0.2, 0.25) is 0 Å². The van der Waals surface area contributed by atoms with Gasteiger partial charge in [-0.1, -0.05) is 36.0 Å². The van der Waals surface area contributed by atoms with Crippen LogP contribution in [0, 0.1) is 0 Å². The average molecular weight is 365 g/mol. The van der Waals surface area contributed by atoms with Gasteiger partial charge >= 0.3 is 0 Å². The van der Waals surface area contributed by atoms with Crippen molar-refractivity contribution in [1.29, 1.82) is 0 Å². The normalized spacial score (nSPS) is 14.4. The first-order valence-corrected chi connectivity index (χ1v) is 8.91. The van der Waals surface area contributed by atoms with E-state index in [1.54, 1.807) is 0 Å². The Balaban J connectivity index is 0.00000208. The number of hydrogen-bond donors (Lipinski definition) is 1. The quantitative estimate of drug-likeness (QED) is 0.792. The molecule has 1 aliphatic rings. The summed E-state index contributed by atoms with van der Waals surface area (Å²) in [5, 5.41) is 9.34. The number of halogens is 1. The van der Waals surface area contributed by atoms with Crippen LogP contribution in [-0.2, 0) is 0 Å². The molecule has 0 aliphatic carbocycles. The molecule has 130 valence electrons. The van der Waals surface area contributed by atoms with Crippen LogP contribution in [0.1, 0.15) is 6.92 Å². The Kier molecular flexibility index (Phi) is 6.21. The van der Waals surface area contributed by atoms with Gasteiger partial charge in [-0.2, -0.15) is 0 Å². The van der Waals surface area contributed by atoms with E-state index in [-0.39, 0.29) is 19.0 Å². The number of aliphatic hydroxyl groups excluding tert-OH is 1. The molecule has 0 bridgehead atoms. The maximum atomic E-state index is 9.34. The zero-order valence-corrected chi connectivity index (χ0v) is 16.0. The largest absolute Gasteiger partial charge is 1.00 e. The van der Waals surface area contributed by atoms with Crippen molar-refractivity contribution in [1.82, 2.24) is 0 Å². The number of hydrogen-bond acceptors (Lipinski definition) is 3. The van der Waals surface area contributed by atoms with Crippen LogP contribution in [0.15, 0.2) is 58.3 Å². The topological polar surface area (TPSA) is 23.5 Å². The lowest BCUT2D eigenvalue weighted by Crippen LogP contribution is -3.00. The van der Waals surface area contributed by atoms with Crippen LogP contribution in [0.25, 0.3) is 0 Å². The predicted octanol–water partition coefficient (Wildman–Crippen LogP) is 0.750. The Labute approximate surface area is 155 Å². The van der Waals surface area contributed by atoms with Crippen LogP contribution in [-0.4, -0.2) is 49.4 Å². The number of nitrogens with zero attached hydrogens (tertiary/aromatic N) is 2. The highest BCUT2D eigenvalue weighted by molar-refractivity contribution is 7.99. The van der Waals surface area contributed by atoms with Gasteiger partial charge in [0.15, 0.2) is 0 Å². The lowest BCUT2D eigenvalue weighted by molar-refractivity contribution is -0.911. The third kappa shape index (κ3) is 3.72. The van der Waals surface area contributed by atoms with Crippen molar-refractivity contribution in [3.63, 3.8) is 0 Å². The first-order chi connectivity index (χ1) is 11.0. The number of aliphatic hydroxyl groups is 1. The number of likely N-dealkylation sites (N-methyl/N-ethyl adjacent to an activating group) is 1. The fourth-order valence-corrected chi connectivity index (χ4v) is 4.04. The van der Waals surface area contributed by atoms with Crippen LogP contribution in [0.2, 0.25) is 0 Å². The fourth-order valence-electron chi connectivity index (χ4n) is 2.94. The molecule has 24 heavy (non-hydrogen) atoms. The van der Waals surface area contributed by atoms with Crippen molar-refractivity contribution < 1.29 is 22.0 Å². The maximum Gasteiger partial charge on any atom is 0.104 e. The molecule has 3 nitrogen and oxygen atoms in total. The van der Waals surface area contributed by atoms with Gasteiger partial charge in [-0.25, -0.2) is 0 Å². The maximum absolute atomic E-state index is 9.34. The first kappa shape index (κ1) is 19.1. The lowest BCUT2D eigenvalue weighted by atomic mass is 10.1. The third-order valence-electron chi connectivity index (χ3n) is 4.85. The van der Waals surface area contributed by atoms with E-state index in [2.05, 4.69) is 74.4 Å². The number of benzene rings is 2. The summed E-state index contributed by atoms with van der Waals surface area (Å²) >= 11 is 1.84. The van der Waals surface area contributed by atoms with Crippen molar-refractivity contribution in [3.8, 4) is 0 Å². The van der Waals surface area contributed by atoms with Gasteiger partial charge in [-0.05, 0) is 31.2 Å². The molecular formula is C19H25ClN2OS. The van der Waals surface area contributed by atoms with Crippen molar-refractivity contribution >= 4 is 23.1 Å². The monoisotopic (exact) mass is 364 g/mol. The predicted molar refractivity (Wildman–Crippen MR) is 97.5 cm³/mol. The number of anilines is 2. The van der Waals surface area contributed by atoms with Crippen molar-refractivity contribution in [2.75, 3.05) is 38.7 Å². The SMILES string of the molecule is CC(CN1c2ccccc2Sc2ccccc21)[N+](C)(C)CCO.[Cl-]. The standard InChI is InChI=1S/C19H25N2OS.ClH/c1-15(21(2,3)12-13-22)14-20-16-8-4-6-10-18(16)23-19-11-7-5-9-17(19)20;/h4-11,15,22H,12-14H2,1-3H3;1H/q+1;/p-1. The average Bonchev–Trinajstić information content (AvgIpc) is 2.54. The lowest BCUT2D eigenvalue weighted by Gasteiger charge is -2.40. The highest BCUT2D eigenvalue weighted by atomic mass is 35.5. The fraction of sp³-hybridized carbons (Fsp3) is 0.368. The van der Waals surface area contributed by atoms with Gasteiger partial charge in [0, 0.05) is 9.79 Å². The molecule has 1 aliphatic heterocycles. The molecule has 2 aromatic rings. The second-order valence-electron chi connectivity index (χ2n) is 6.72. The summed E-state index contributed by atoms with van der Waals surface area (Å²) in [5.41, 5.74) is 2.57. The van der Waals surface area contributed by atoms with E-state index < -0.39 is 0 Å². The molecule has 1 heterocycles. The second-order valence-corrected chi connectivity index (χ2v) is 7.81. The molecule has 0 spiro atoms. The Hall–Kier alpha value is -1.20. The van der Waals surface area contributed by atoms with Gasteiger partial charge in [-0.15, -0.1) is 0 Å². The van der Waals surface area contributed by atoms with Crippen LogP contribution in [0.4, 0.5) is 11.4 Å². The number of para-hydroxylation sites is 2. The van der Waals surface area contributed by atoms with E-state index >= 15 is 0 Å². The van der Waals surface area contributed by atoms with E-state index in [1.165, 1.54) is 21.2 Å². The Morgan fingerprint density at radius 2 is 1.50 bits per heavy atom. The Morgan fingerprint density at radius 1 is 1.00 bits per heavy atom. The molecule has 3 rings (SSSR count). The highest BCUT2D eigenvalue weighted by Gasteiger charge is 2.30. The summed E-state index contributed by atoms with van der Waals surface area (Å²) in [5.74, 6) is 0. The van der Waals surface area contributed by atoms with Crippen molar-refractivity contribution in [3.05, 3.63) is 48.5 Å². The molecule has 0 fully saturated rings. The zero-order chi connectivity index (χ0) is 16.4. The third-order valence-corrected chi connectivity index (χ3v) is 5.98. The summed E-state index contributed by atoms with van der Waals surface area (Å²) in [6.45, 7) is 4.19. The van der Waals surface area contributed by atoms with Gasteiger partial charge in [-0.3, -0.25) is 0 Å². The summed E-state index contributed by atoms with van der Waals surface area (Å²) < 4.78 is 0.810. The number of quaternary nitrogens is 1. The molecule has 1 N–H and O–H groups in total. The smallest absolute Gasteiger partial charge is 0.104 e. The molecule has 1 atom stereocenters. The van der Waals surface area contributed by atoms with E-state index in [0.29, 0.717) is 6.04 Å². The number of fused-ring (bicyclic) bond motifs is 2. The van der Waals surface area contributed by atoms with Crippen molar-refractivity contribution in [2.45, 2.75) is 22.8 Å². The minimum absolute atomic E-state index is 0. The van der Waals surface area contributed by atoms with Gasteiger partial charge in [0.1, 0.15) is 12.6 Å². The van der Waals surface area contributed by atoms with Crippen molar-refractivity contribution in [2.24, 2.45) is 0 Å². The Morgan fingerprint density at radius 3 is 2.00 bits per heavy atom. The zero-order valence-electron chi connectivity index (χ0n) is 14.4. The molecule has 2 aromatic carbocycles. The highest BCUT2D eigenvalue weighted by Crippen LogP contribution is 2.47. The van der Waals surface area contributed by atoms with E-state index in [9.17, 15) is 5.11 Å². The minimum atomic E-state index is 0. The number of rotatable bonds is 5. The second kappa shape index (κ2) is 7.79. The molecule has 0 amide bonds. The van der Waals surface area contributed by atoms with Gasteiger partial charge in [0.05, 0.1) is 38.6 Å². The summed E-state index contributed by atoms with van der Waals surface area (Å²) in [6.07, 6.45) is 0. The molecule has 1 unspecified atom stereocenters. The van der Waals surface area contributed by atoms with Crippen LogP contribution >= 0.6 is 11.8 Å². The van der Waals surface area contributed by atoms with Crippen LogP contribution < -0.4 is 17.3 Å². The molecular weight excluding hydrogens is 340 g/mol. The van der Waals surface area contributed by atoms with Crippen LogP contribution in [0.3, 0.4) is 0 Å². The molecule has 0 saturated carbocycles.